The first-order valence-corrected chi connectivity index (χ1v) is 22.1. The van der Waals surface area contributed by atoms with E-state index in [0.29, 0.717) is 0 Å². The van der Waals surface area contributed by atoms with Gasteiger partial charge in [0.25, 0.3) is 0 Å². The summed E-state index contributed by atoms with van der Waals surface area (Å²) in [4.78, 5) is 20.4. The van der Waals surface area contributed by atoms with Crippen LogP contribution in [0.5, 0.6) is 0 Å². The first-order valence-electron chi connectivity index (χ1n) is 22.1. The normalized spacial score (nSPS) is 12.7. The van der Waals surface area contributed by atoms with Crippen molar-refractivity contribution >= 4 is 43.6 Å². The molecule has 0 saturated carbocycles. The lowest BCUT2D eigenvalue weighted by molar-refractivity contribution is 0.768. The highest BCUT2D eigenvalue weighted by atomic mass is 14.8. The van der Waals surface area contributed by atoms with Crippen LogP contribution in [0.3, 0.4) is 0 Å². The van der Waals surface area contributed by atoms with Crippen molar-refractivity contribution in [1.29, 1.82) is 0 Å². The van der Waals surface area contributed by atoms with Gasteiger partial charge in [0, 0.05) is 45.1 Å². The van der Waals surface area contributed by atoms with E-state index in [9.17, 15) is 0 Å². The Balaban J connectivity index is 0.985. The van der Waals surface area contributed by atoms with E-state index in [1.807, 2.05) is 24.5 Å². The Bertz CT molecular complexity index is 3550. The van der Waals surface area contributed by atoms with Crippen LogP contribution in [0, 0.1) is 0 Å². The highest BCUT2D eigenvalue weighted by Crippen LogP contribution is 2.56. The fraction of sp³-hybridized carbons (Fsp3) is 0.0164. The molecule has 65 heavy (non-hydrogen) atoms. The van der Waals surface area contributed by atoms with Gasteiger partial charge in [0.1, 0.15) is 0 Å². The van der Waals surface area contributed by atoms with E-state index in [0.717, 1.165) is 88.4 Å². The molecule has 0 aliphatic heterocycles. The van der Waals surface area contributed by atoms with E-state index in [-0.39, 0.29) is 0 Å². The quantitative estimate of drug-likeness (QED) is 0.157. The molecular formula is C61H38N4. The van der Waals surface area contributed by atoms with Crippen molar-refractivity contribution in [2.75, 3.05) is 0 Å². The summed E-state index contributed by atoms with van der Waals surface area (Å²) < 4.78 is 0. The summed E-state index contributed by atoms with van der Waals surface area (Å²) in [5.41, 5.74) is 18.9. The standard InChI is InChI=1S/C61H38N4/c1-3-13-39(14-4-1)51-37-55(64-59-49(51)33-27-43-17-11-35-62-57(43)59)41-23-29-45(30-24-41)61(53-21-9-7-19-47(53)48-20-8-10-22-54(48)61)46-31-25-42(26-32-46)56-38-52(40-15-5-2-6-16-40)50-34-28-44-18-12-36-63-58(44)60(50)65-56/h1-38H. The van der Waals surface area contributed by atoms with Crippen molar-refractivity contribution < 1.29 is 0 Å². The Morgan fingerprint density at radius 2 is 0.708 bits per heavy atom. The summed E-state index contributed by atoms with van der Waals surface area (Å²) in [6.07, 6.45) is 3.71. The number of nitrogens with zero attached hydrogens (tertiary/aromatic N) is 4. The molecule has 1 aliphatic carbocycles. The number of benzene rings is 8. The molecule has 13 rings (SSSR count). The second kappa shape index (κ2) is 14.8. The number of hydrogen-bond acceptors (Lipinski definition) is 4. The van der Waals surface area contributed by atoms with E-state index in [4.69, 9.17) is 19.9 Å². The zero-order chi connectivity index (χ0) is 42.9. The minimum absolute atomic E-state index is 0.581. The van der Waals surface area contributed by atoms with Crippen molar-refractivity contribution in [3.63, 3.8) is 0 Å². The Morgan fingerprint density at radius 3 is 1.15 bits per heavy atom. The number of rotatable bonds is 6. The molecule has 0 fully saturated rings. The molecule has 4 heterocycles. The van der Waals surface area contributed by atoms with Crippen LogP contribution < -0.4 is 0 Å². The van der Waals surface area contributed by atoms with E-state index < -0.39 is 5.41 Å². The number of aromatic nitrogens is 4. The molecule has 0 bridgehead atoms. The Hall–Kier alpha value is -8.60. The molecule has 302 valence electrons. The molecule has 0 atom stereocenters. The zero-order valence-corrected chi connectivity index (χ0v) is 35.2. The molecule has 12 aromatic rings. The van der Waals surface area contributed by atoms with Crippen LogP contribution in [-0.2, 0) is 5.41 Å². The lowest BCUT2D eigenvalue weighted by Gasteiger charge is -2.34. The predicted molar refractivity (Wildman–Crippen MR) is 267 cm³/mol. The summed E-state index contributed by atoms with van der Waals surface area (Å²) in [5, 5.41) is 4.32. The smallest absolute Gasteiger partial charge is 0.0978 e. The van der Waals surface area contributed by atoms with Gasteiger partial charge in [-0.1, -0.05) is 194 Å². The second-order valence-corrected chi connectivity index (χ2v) is 16.9. The Morgan fingerprint density at radius 1 is 0.292 bits per heavy atom. The first kappa shape index (κ1) is 37.0. The molecule has 0 amide bonds. The van der Waals surface area contributed by atoms with Gasteiger partial charge in [-0.15, -0.1) is 0 Å². The number of hydrogen-bond donors (Lipinski definition) is 0. The molecule has 0 N–H and O–H groups in total. The van der Waals surface area contributed by atoms with Gasteiger partial charge in [-0.2, -0.15) is 0 Å². The number of pyridine rings is 4. The maximum atomic E-state index is 5.36. The lowest BCUT2D eigenvalue weighted by atomic mass is 9.67. The summed E-state index contributed by atoms with van der Waals surface area (Å²) >= 11 is 0. The van der Waals surface area contributed by atoms with Crippen LogP contribution >= 0.6 is 0 Å². The molecule has 4 nitrogen and oxygen atoms in total. The predicted octanol–water partition coefficient (Wildman–Crippen LogP) is 14.9. The molecular weight excluding hydrogens is 789 g/mol. The van der Waals surface area contributed by atoms with Crippen LogP contribution in [-0.4, -0.2) is 19.9 Å². The SMILES string of the molecule is c1ccc(-c2cc(-c3ccc(C4(c5ccc(-c6cc(-c7ccccc7)c7ccc8cccnc8c7n6)cc5)c5ccccc5-c5ccccc54)cc3)nc3c2ccc2cccnc23)cc1. The third kappa shape index (κ3) is 5.77. The summed E-state index contributed by atoms with van der Waals surface area (Å²) in [6, 6.07) is 78.6. The maximum Gasteiger partial charge on any atom is 0.0978 e. The average molecular weight is 827 g/mol. The monoisotopic (exact) mass is 826 g/mol. The first-order chi connectivity index (χ1) is 32.2. The molecule has 4 heteroatoms. The van der Waals surface area contributed by atoms with E-state index in [1.54, 1.807) is 0 Å². The maximum absolute atomic E-state index is 5.36. The summed E-state index contributed by atoms with van der Waals surface area (Å²) in [7, 11) is 0. The van der Waals surface area contributed by atoms with Crippen LogP contribution in [0.4, 0.5) is 0 Å². The average Bonchev–Trinajstić information content (AvgIpc) is 3.69. The van der Waals surface area contributed by atoms with Crippen molar-refractivity contribution in [2.24, 2.45) is 0 Å². The van der Waals surface area contributed by atoms with Crippen LogP contribution in [0.1, 0.15) is 22.3 Å². The van der Waals surface area contributed by atoms with Crippen molar-refractivity contribution in [1.82, 2.24) is 19.9 Å². The van der Waals surface area contributed by atoms with Crippen molar-refractivity contribution in [3.8, 4) is 55.9 Å². The van der Waals surface area contributed by atoms with Gasteiger partial charge in [-0.05, 0) is 79.9 Å². The van der Waals surface area contributed by atoms with Crippen LogP contribution in [0.25, 0.3) is 99.5 Å². The van der Waals surface area contributed by atoms with Crippen LogP contribution in [0.15, 0.2) is 231 Å². The third-order valence-corrected chi connectivity index (χ3v) is 13.5. The Labute approximate surface area is 376 Å². The second-order valence-electron chi connectivity index (χ2n) is 16.9. The highest BCUT2D eigenvalue weighted by Gasteiger charge is 2.46. The van der Waals surface area contributed by atoms with E-state index in [1.165, 1.54) is 33.4 Å². The third-order valence-electron chi connectivity index (χ3n) is 13.5. The highest BCUT2D eigenvalue weighted by molar-refractivity contribution is 6.10. The van der Waals surface area contributed by atoms with Crippen molar-refractivity contribution in [2.45, 2.75) is 5.41 Å². The fourth-order valence-electron chi connectivity index (χ4n) is 10.5. The molecule has 0 unspecified atom stereocenters. The molecule has 1 aliphatic rings. The van der Waals surface area contributed by atoms with Crippen molar-refractivity contribution in [3.05, 3.63) is 253 Å². The van der Waals surface area contributed by atoms with Gasteiger partial charge >= 0.3 is 0 Å². The van der Waals surface area contributed by atoms with Gasteiger partial charge < -0.3 is 0 Å². The van der Waals surface area contributed by atoms with Gasteiger partial charge in [0.15, 0.2) is 0 Å². The van der Waals surface area contributed by atoms with Gasteiger partial charge in [-0.3, -0.25) is 9.97 Å². The lowest BCUT2D eigenvalue weighted by Crippen LogP contribution is -2.28. The minimum Gasteiger partial charge on any atom is -0.254 e. The molecule has 0 radical (unpaired) electrons. The van der Waals surface area contributed by atoms with Crippen LogP contribution in [0.2, 0.25) is 0 Å². The number of fused-ring (bicyclic) bond motifs is 9. The topological polar surface area (TPSA) is 51.6 Å². The van der Waals surface area contributed by atoms with Gasteiger partial charge in [0.05, 0.1) is 38.9 Å². The largest absolute Gasteiger partial charge is 0.254 e. The van der Waals surface area contributed by atoms with Gasteiger partial charge in [-0.25, -0.2) is 9.97 Å². The zero-order valence-electron chi connectivity index (χ0n) is 35.2. The molecule has 8 aromatic carbocycles. The van der Waals surface area contributed by atoms with Gasteiger partial charge in [0.2, 0.25) is 0 Å². The summed E-state index contributed by atoms with van der Waals surface area (Å²) in [6.45, 7) is 0. The van der Waals surface area contributed by atoms with E-state index in [2.05, 4.69) is 206 Å². The van der Waals surface area contributed by atoms with E-state index >= 15 is 0 Å². The Kier molecular flexibility index (Phi) is 8.40. The fourth-order valence-corrected chi connectivity index (χ4v) is 10.5. The summed E-state index contributed by atoms with van der Waals surface area (Å²) in [5.74, 6) is 0. The molecule has 4 aromatic heterocycles. The molecule has 0 spiro atoms. The molecule has 0 saturated heterocycles. The minimum atomic E-state index is -0.581.